The van der Waals surface area contributed by atoms with Crippen molar-refractivity contribution in [2.45, 2.75) is 60.3 Å². The van der Waals surface area contributed by atoms with Gasteiger partial charge in [0.05, 0.1) is 0 Å². The summed E-state index contributed by atoms with van der Waals surface area (Å²) < 4.78 is 0. The van der Waals surface area contributed by atoms with Crippen LogP contribution in [-0.2, 0) is 4.79 Å². The summed E-state index contributed by atoms with van der Waals surface area (Å²) >= 11 is 0. The van der Waals surface area contributed by atoms with Gasteiger partial charge in [0.2, 0.25) is 0 Å². The summed E-state index contributed by atoms with van der Waals surface area (Å²) in [5.41, 5.74) is 1.89. The second kappa shape index (κ2) is 8.32. The lowest BCUT2D eigenvalue weighted by Gasteiger charge is -2.08. The molecule has 92 valence electrons. The van der Waals surface area contributed by atoms with Crippen LogP contribution in [-0.4, -0.2) is 5.78 Å². The third-order valence-corrected chi connectivity index (χ3v) is 2.49. The van der Waals surface area contributed by atoms with Gasteiger partial charge in [0.15, 0.2) is 5.78 Å². The number of carbonyl (C=O) groups excluding carboxylic acids is 1. The largest absolute Gasteiger partial charge is 0.289 e. The molecule has 1 nitrogen and oxygen atoms in total. The van der Waals surface area contributed by atoms with E-state index in [9.17, 15) is 4.79 Å². The van der Waals surface area contributed by atoms with Crippen molar-refractivity contribution < 1.29 is 4.79 Å². The van der Waals surface area contributed by atoms with Crippen molar-refractivity contribution in [2.24, 2.45) is 5.92 Å². The third kappa shape index (κ3) is 5.89. The molecular weight excluding hydrogens is 196 g/mol. The first-order chi connectivity index (χ1) is 7.52. The summed E-state index contributed by atoms with van der Waals surface area (Å²) in [4.78, 5) is 12.1. The molecule has 0 aromatic rings. The van der Waals surface area contributed by atoms with Gasteiger partial charge in [0.1, 0.15) is 0 Å². The van der Waals surface area contributed by atoms with Crippen LogP contribution in [0.4, 0.5) is 0 Å². The molecule has 0 rings (SSSR count). The fourth-order valence-corrected chi connectivity index (χ4v) is 1.69. The Labute approximate surface area is 101 Å². The van der Waals surface area contributed by atoms with Gasteiger partial charge < -0.3 is 0 Å². The Balaban J connectivity index is 4.76. The van der Waals surface area contributed by atoms with Crippen LogP contribution in [0.2, 0.25) is 0 Å². The van der Waals surface area contributed by atoms with Gasteiger partial charge >= 0.3 is 0 Å². The van der Waals surface area contributed by atoms with Crippen molar-refractivity contribution >= 4 is 5.78 Å². The van der Waals surface area contributed by atoms with E-state index in [0.29, 0.717) is 5.92 Å². The smallest absolute Gasteiger partial charge is 0.184 e. The van der Waals surface area contributed by atoms with Crippen molar-refractivity contribution in [3.8, 4) is 0 Å². The average Bonchev–Trinajstić information content (AvgIpc) is 2.23. The number of unbranched alkanes of at least 4 members (excludes halogenated alkanes) is 1. The third-order valence-electron chi connectivity index (χ3n) is 2.49. The molecule has 0 amide bonds. The number of Topliss-reactive ketones (excluding diaryl/α,β-unsaturated/α-hetero) is 1. The molecule has 0 unspecified atom stereocenters. The molecule has 0 atom stereocenters. The van der Waals surface area contributed by atoms with Gasteiger partial charge in [-0.05, 0) is 43.3 Å². The molecule has 0 saturated carbocycles. The van der Waals surface area contributed by atoms with Crippen molar-refractivity contribution in [1.82, 2.24) is 0 Å². The molecule has 0 aliphatic carbocycles. The number of rotatable bonds is 7. The van der Waals surface area contributed by atoms with Crippen molar-refractivity contribution in [3.63, 3.8) is 0 Å². The van der Waals surface area contributed by atoms with Gasteiger partial charge in [-0.25, -0.2) is 0 Å². The number of carbonyl (C=O) groups is 1. The van der Waals surface area contributed by atoms with Crippen LogP contribution < -0.4 is 0 Å². The first-order valence-electron chi connectivity index (χ1n) is 6.45. The lowest BCUT2D eigenvalue weighted by atomic mass is 9.96. The average molecular weight is 222 g/mol. The van der Waals surface area contributed by atoms with Crippen molar-refractivity contribution in [2.75, 3.05) is 0 Å². The van der Waals surface area contributed by atoms with Gasteiger partial charge in [0.25, 0.3) is 0 Å². The van der Waals surface area contributed by atoms with Crippen LogP contribution in [0.15, 0.2) is 23.3 Å². The highest BCUT2D eigenvalue weighted by atomic mass is 16.1. The Kier molecular flexibility index (Phi) is 7.88. The van der Waals surface area contributed by atoms with Crippen LogP contribution in [0.1, 0.15) is 60.3 Å². The van der Waals surface area contributed by atoms with E-state index in [4.69, 9.17) is 0 Å². The monoisotopic (exact) mass is 222 g/mol. The van der Waals surface area contributed by atoms with Gasteiger partial charge in [0, 0.05) is 0 Å². The second-order valence-corrected chi connectivity index (χ2v) is 4.66. The van der Waals surface area contributed by atoms with Crippen LogP contribution >= 0.6 is 0 Å². The lowest BCUT2D eigenvalue weighted by molar-refractivity contribution is -0.112. The Morgan fingerprint density at radius 1 is 1.25 bits per heavy atom. The standard InChI is InChI=1S/C15H26O/c1-6-8-10-14(11-12(3)4)15(16)13(5)9-7-2/h9,11-12H,6-8,10H2,1-5H3/b13-9-,14-11-. The summed E-state index contributed by atoms with van der Waals surface area (Å²) in [5.74, 6) is 0.689. The number of allylic oxidation sites excluding steroid dienone is 4. The number of ketones is 1. The van der Waals surface area contributed by atoms with E-state index in [-0.39, 0.29) is 5.78 Å². The molecule has 0 aliphatic heterocycles. The van der Waals surface area contributed by atoms with Gasteiger partial charge in [-0.3, -0.25) is 4.79 Å². The zero-order valence-electron chi connectivity index (χ0n) is 11.5. The minimum absolute atomic E-state index is 0.240. The summed E-state index contributed by atoms with van der Waals surface area (Å²) in [6.07, 6.45) is 8.22. The van der Waals surface area contributed by atoms with E-state index in [2.05, 4.69) is 33.8 Å². The highest BCUT2D eigenvalue weighted by Gasteiger charge is 2.11. The van der Waals surface area contributed by atoms with E-state index in [1.807, 2.05) is 13.0 Å². The Hall–Kier alpha value is -0.850. The fraction of sp³-hybridized carbons (Fsp3) is 0.667. The molecule has 0 N–H and O–H groups in total. The maximum atomic E-state index is 12.1. The molecule has 16 heavy (non-hydrogen) atoms. The van der Waals surface area contributed by atoms with Crippen LogP contribution in [0.3, 0.4) is 0 Å². The van der Waals surface area contributed by atoms with E-state index >= 15 is 0 Å². The topological polar surface area (TPSA) is 17.1 Å². The molecule has 0 fully saturated rings. The van der Waals surface area contributed by atoms with Crippen LogP contribution in [0.5, 0.6) is 0 Å². The molecule has 0 aliphatic rings. The predicted octanol–water partition coefficient (Wildman–Crippen LogP) is 4.68. The molecule has 0 aromatic heterocycles. The zero-order valence-corrected chi connectivity index (χ0v) is 11.5. The van der Waals surface area contributed by atoms with E-state index < -0.39 is 0 Å². The molecule has 0 spiro atoms. The SMILES string of the molecule is CC/C=C(/C)C(=O)/C(=C\C(C)C)CCCC. The number of hydrogen-bond donors (Lipinski definition) is 0. The fourth-order valence-electron chi connectivity index (χ4n) is 1.69. The van der Waals surface area contributed by atoms with Crippen LogP contribution in [0.25, 0.3) is 0 Å². The molecule has 0 aromatic carbocycles. The predicted molar refractivity (Wildman–Crippen MR) is 71.5 cm³/mol. The molecule has 1 heteroatoms. The van der Waals surface area contributed by atoms with E-state index in [1.165, 1.54) is 0 Å². The minimum atomic E-state index is 0.240. The highest BCUT2D eigenvalue weighted by Crippen LogP contribution is 2.16. The second-order valence-electron chi connectivity index (χ2n) is 4.66. The van der Waals surface area contributed by atoms with Gasteiger partial charge in [-0.1, -0.05) is 46.3 Å². The van der Waals surface area contributed by atoms with Crippen molar-refractivity contribution in [1.29, 1.82) is 0 Å². The summed E-state index contributed by atoms with van der Waals surface area (Å²) in [6.45, 7) is 10.4. The summed E-state index contributed by atoms with van der Waals surface area (Å²) in [5, 5.41) is 0. The highest BCUT2D eigenvalue weighted by molar-refractivity contribution is 6.07. The number of hydrogen-bond acceptors (Lipinski definition) is 1. The Bertz CT molecular complexity index is 269. The minimum Gasteiger partial charge on any atom is -0.289 e. The van der Waals surface area contributed by atoms with Gasteiger partial charge in [-0.2, -0.15) is 0 Å². The molecular formula is C15H26O. The first-order valence-corrected chi connectivity index (χ1v) is 6.45. The maximum Gasteiger partial charge on any atom is 0.184 e. The summed E-state index contributed by atoms with van der Waals surface area (Å²) in [6, 6.07) is 0. The van der Waals surface area contributed by atoms with E-state index in [1.54, 1.807) is 0 Å². The maximum absolute atomic E-state index is 12.1. The Morgan fingerprint density at radius 2 is 1.88 bits per heavy atom. The lowest BCUT2D eigenvalue weighted by Crippen LogP contribution is -2.06. The zero-order chi connectivity index (χ0) is 12.6. The molecule has 0 radical (unpaired) electrons. The van der Waals surface area contributed by atoms with Crippen molar-refractivity contribution in [3.05, 3.63) is 23.3 Å². The molecule has 0 heterocycles. The van der Waals surface area contributed by atoms with Crippen LogP contribution in [0, 0.1) is 5.92 Å². The van der Waals surface area contributed by atoms with E-state index in [0.717, 1.165) is 36.8 Å². The quantitative estimate of drug-likeness (QED) is 0.571. The molecule has 0 saturated heterocycles. The molecule has 0 bridgehead atoms. The summed E-state index contributed by atoms with van der Waals surface area (Å²) in [7, 11) is 0. The first kappa shape index (κ1) is 15.2. The van der Waals surface area contributed by atoms with Gasteiger partial charge in [-0.15, -0.1) is 0 Å². The normalized spacial score (nSPS) is 13.4. The Morgan fingerprint density at radius 3 is 2.31 bits per heavy atom.